The van der Waals surface area contributed by atoms with Crippen molar-refractivity contribution in [3.8, 4) is 5.75 Å². The summed E-state index contributed by atoms with van der Waals surface area (Å²) in [6.07, 6.45) is 1.97. The predicted molar refractivity (Wildman–Crippen MR) is 93.0 cm³/mol. The van der Waals surface area contributed by atoms with Gasteiger partial charge in [0, 0.05) is 28.4 Å². The van der Waals surface area contributed by atoms with E-state index in [4.69, 9.17) is 11.6 Å². The van der Waals surface area contributed by atoms with Crippen molar-refractivity contribution in [2.24, 2.45) is 0 Å². The highest BCUT2D eigenvalue weighted by Gasteiger charge is 2.23. The number of hydrogen-bond donors (Lipinski definition) is 2. The maximum atomic E-state index is 11.9. The van der Waals surface area contributed by atoms with E-state index in [0.29, 0.717) is 27.9 Å². The summed E-state index contributed by atoms with van der Waals surface area (Å²) in [5.74, 6) is -0.0557. The number of benzene rings is 1. The van der Waals surface area contributed by atoms with Crippen molar-refractivity contribution >= 4 is 39.7 Å². The van der Waals surface area contributed by atoms with E-state index in [-0.39, 0.29) is 11.7 Å². The van der Waals surface area contributed by atoms with Crippen LogP contribution in [0.25, 0.3) is 10.9 Å². The zero-order valence-electron chi connectivity index (χ0n) is 12.4. The van der Waals surface area contributed by atoms with E-state index >= 15 is 0 Å². The van der Waals surface area contributed by atoms with Crippen LogP contribution in [-0.2, 0) is 4.79 Å². The van der Waals surface area contributed by atoms with Crippen LogP contribution < -0.4 is 5.32 Å². The van der Waals surface area contributed by atoms with Crippen LogP contribution in [0.4, 0.5) is 0 Å². The van der Waals surface area contributed by atoms with Gasteiger partial charge in [-0.25, -0.2) is 0 Å². The number of carbonyl (C=O) groups is 1. The average molecular weight is 347 g/mol. The lowest BCUT2D eigenvalue weighted by Crippen LogP contribution is -2.28. The Kier molecular flexibility index (Phi) is 4.50. The molecule has 118 valence electrons. The number of halogens is 1. The van der Waals surface area contributed by atoms with E-state index in [9.17, 15) is 9.90 Å². The lowest BCUT2D eigenvalue weighted by molar-refractivity contribution is -0.121. The first-order valence-corrected chi connectivity index (χ1v) is 8.46. The molecule has 1 amide bonds. The predicted octanol–water partition coefficient (Wildman–Crippen LogP) is 4.27. The molecule has 1 atom stereocenters. The normalized spacial score (nSPS) is 12.3. The third-order valence-corrected chi connectivity index (χ3v) is 4.86. The Morgan fingerprint density at radius 2 is 2.26 bits per heavy atom. The summed E-state index contributed by atoms with van der Waals surface area (Å²) in [5.41, 5.74) is 0.979. The molecule has 0 radical (unpaired) electrons. The standard InChI is InChI=1S/C17H15ClN2O2S/c1-2-14(21)20-15(13-6-4-8-23-13)11-9-12(18)10-5-3-7-19-16(10)17(11)22/h3-9,15,22H,2H2,1H3,(H,20,21)/t15-/m0/s1. The first kappa shape index (κ1) is 15.8. The molecule has 0 fully saturated rings. The van der Waals surface area contributed by atoms with Gasteiger partial charge in [0.25, 0.3) is 0 Å². The monoisotopic (exact) mass is 346 g/mol. The molecule has 0 unspecified atom stereocenters. The first-order valence-electron chi connectivity index (χ1n) is 7.20. The van der Waals surface area contributed by atoms with E-state index in [1.54, 1.807) is 31.3 Å². The number of carbonyl (C=O) groups excluding carboxylic acids is 1. The number of nitrogens with one attached hydrogen (secondary N) is 1. The fourth-order valence-electron chi connectivity index (χ4n) is 2.45. The van der Waals surface area contributed by atoms with E-state index in [0.717, 1.165) is 4.88 Å². The number of rotatable bonds is 4. The van der Waals surface area contributed by atoms with Crippen LogP contribution >= 0.6 is 22.9 Å². The molecule has 1 aromatic carbocycles. The van der Waals surface area contributed by atoms with Crippen molar-refractivity contribution in [2.45, 2.75) is 19.4 Å². The molecule has 23 heavy (non-hydrogen) atoms. The van der Waals surface area contributed by atoms with Crippen LogP contribution in [0.15, 0.2) is 41.9 Å². The molecule has 2 N–H and O–H groups in total. The lowest BCUT2D eigenvalue weighted by atomic mass is 10.0. The molecule has 3 aromatic rings. The maximum Gasteiger partial charge on any atom is 0.220 e. The highest BCUT2D eigenvalue weighted by molar-refractivity contribution is 7.10. The number of fused-ring (bicyclic) bond motifs is 1. The van der Waals surface area contributed by atoms with Crippen molar-refractivity contribution in [3.05, 3.63) is 57.4 Å². The Morgan fingerprint density at radius 1 is 1.43 bits per heavy atom. The van der Waals surface area contributed by atoms with Crippen LogP contribution in [0.1, 0.15) is 29.8 Å². The van der Waals surface area contributed by atoms with Gasteiger partial charge >= 0.3 is 0 Å². The van der Waals surface area contributed by atoms with Gasteiger partial charge in [-0.1, -0.05) is 24.6 Å². The number of pyridine rings is 1. The molecule has 4 nitrogen and oxygen atoms in total. The zero-order chi connectivity index (χ0) is 16.4. The number of amides is 1. The summed E-state index contributed by atoms with van der Waals surface area (Å²) in [6.45, 7) is 1.79. The lowest BCUT2D eigenvalue weighted by Gasteiger charge is -2.20. The fraction of sp³-hybridized carbons (Fsp3) is 0.176. The second kappa shape index (κ2) is 6.56. The molecule has 3 rings (SSSR count). The van der Waals surface area contributed by atoms with Crippen LogP contribution in [0.3, 0.4) is 0 Å². The number of aromatic hydroxyl groups is 1. The van der Waals surface area contributed by atoms with Crippen molar-refractivity contribution in [1.29, 1.82) is 0 Å². The SMILES string of the molecule is CCC(=O)N[C@H](c1cccs1)c1cc(Cl)c2cccnc2c1O. The Morgan fingerprint density at radius 3 is 2.96 bits per heavy atom. The van der Waals surface area contributed by atoms with Crippen molar-refractivity contribution in [3.63, 3.8) is 0 Å². The summed E-state index contributed by atoms with van der Waals surface area (Å²) in [7, 11) is 0. The van der Waals surface area contributed by atoms with Crippen molar-refractivity contribution in [2.75, 3.05) is 0 Å². The van der Waals surface area contributed by atoms with E-state index in [1.807, 2.05) is 17.5 Å². The van der Waals surface area contributed by atoms with Gasteiger partial charge in [0.15, 0.2) is 0 Å². The number of nitrogens with zero attached hydrogens (tertiary/aromatic N) is 1. The molecule has 0 aliphatic carbocycles. The molecular weight excluding hydrogens is 332 g/mol. The molecule has 0 spiro atoms. The topological polar surface area (TPSA) is 62.2 Å². The van der Waals surface area contributed by atoms with Gasteiger partial charge in [0.2, 0.25) is 5.91 Å². The van der Waals surface area contributed by atoms with Gasteiger partial charge in [-0.15, -0.1) is 11.3 Å². The van der Waals surface area contributed by atoms with Crippen LogP contribution in [0.5, 0.6) is 5.75 Å². The van der Waals surface area contributed by atoms with Gasteiger partial charge in [0.1, 0.15) is 11.3 Å². The summed E-state index contributed by atoms with van der Waals surface area (Å²) in [6, 6.07) is 8.64. The number of thiophene rings is 1. The highest BCUT2D eigenvalue weighted by Crippen LogP contribution is 2.39. The molecule has 0 saturated heterocycles. The van der Waals surface area contributed by atoms with Gasteiger partial charge in [-0.05, 0) is 29.6 Å². The summed E-state index contributed by atoms with van der Waals surface area (Å²) >= 11 is 7.86. The minimum Gasteiger partial charge on any atom is -0.505 e. The van der Waals surface area contributed by atoms with Crippen LogP contribution in [0.2, 0.25) is 5.02 Å². The van der Waals surface area contributed by atoms with Gasteiger partial charge < -0.3 is 10.4 Å². The zero-order valence-corrected chi connectivity index (χ0v) is 14.0. The van der Waals surface area contributed by atoms with Gasteiger partial charge in [0.05, 0.1) is 11.1 Å². The number of hydrogen-bond acceptors (Lipinski definition) is 4. The Labute approximate surface area is 142 Å². The van der Waals surface area contributed by atoms with Gasteiger partial charge in [-0.2, -0.15) is 0 Å². The Balaban J connectivity index is 2.18. The third kappa shape index (κ3) is 3.02. The minimum absolute atomic E-state index is 0.0415. The average Bonchev–Trinajstić information content (AvgIpc) is 3.10. The second-order valence-corrected chi connectivity index (χ2v) is 6.45. The molecule has 6 heteroatoms. The van der Waals surface area contributed by atoms with Crippen molar-refractivity contribution < 1.29 is 9.90 Å². The third-order valence-electron chi connectivity index (χ3n) is 3.61. The van der Waals surface area contributed by atoms with E-state index in [2.05, 4.69) is 10.3 Å². The quantitative estimate of drug-likeness (QED) is 0.741. The first-order chi connectivity index (χ1) is 11.1. The van der Waals surface area contributed by atoms with Gasteiger partial charge in [-0.3, -0.25) is 9.78 Å². The minimum atomic E-state index is -0.452. The van der Waals surface area contributed by atoms with E-state index in [1.165, 1.54) is 11.3 Å². The van der Waals surface area contributed by atoms with Crippen molar-refractivity contribution in [1.82, 2.24) is 10.3 Å². The molecule has 0 aliphatic rings. The summed E-state index contributed by atoms with van der Waals surface area (Å²) < 4.78 is 0. The van der Waals surface area contributed by atoms with E-state index < -0.39 is 6.04 Å². The Hall–Kier alpha value is -2.11. The molecule has 0 saturated carbocycles. The Bertz CT molecular complexity index is 849. The largest absolute Gasteiger partial charge is 0.505 e. The van der Waals surface area contributed by atoms with Crippen LogP contribution in [-0.4, -0.2) is 16.0 Å². The highest BCUT2D eigenvalue weighted by atomic mass is 35.5. The maximum absolute atomic E-state index is 11.9. The van der Waals surface area contributed by atoms with Crippen LogP contribution in [0, 0.1) is 0 Å². The number of phenolic OH excluding ortho intramolecular Hbond substituents is 1. The second-order valence-electron chi connectivity index (χ2n) is 5.07. The smallest absolute Gasteiger partial charge is 0.220 e. The molecule has 2 heterocycles. The fourth-order valence-corrected chi connectivity index (χ4v) is 3.51. The summed E-state index contributed by atoms with van der Waals surface area (Å²) in [4.78, 5) is 17.1. The molecular formula is C17H15ClN2O2S. The molecule has 0 bridgehead atoms. The number of aromatic nitrogens is 1. The molecule has 0 aliphatic heterocycles. The number of phenols is 1. The molecule has 2 aromatic heterocycles. The summed E-state index contributed by atoms with van der Waals surface area (Å²) in [5, 5.41) is 16.7.